The third-order valence-electron chi connectivity index (χ3n) is 3.83. The molecule has 0 unspecified atom stereocenters. The zero-order valence-corrected chi connectivity index (χ0v) is 11.8. The second kappa shape index (κ2) is 5.78. The summed E-state index contributed by atoms with van der Waals surface area (Å²) in [7, 11) is 0. The molecular formula is C14H19ClN2O2. The Morgan fingerprint density at radius 1 is 1.47 bits per heavy atom. The lowest BCUT2D eigenvalue weighted by Crippen LogP contribution is -2.29. The lowest BCUT2D eigenvalue weighted by atomic mass is 9.76. The summed E-state index contributed by atoms with van der Waals surface area (Å²) in [5.74, 6) is -0.446. The molecule has 0 amide bonds. The van der Waals surface area contributed by atoms with Crippen molar-refractivity contribution in [1.82, 2.24) is 4.98 Å². The van der Waals surface area contributed by atoms with E-state index in [1.807, 2.05) is 0 Å². The van der Waals surface area contributed by atoms with Gasteiger partial charge in [0.1, 0.15) is 5.82 Å². The maximum atomic E-state index is 10.8. The maximum Gasteiger partial charge on any atom is 0.337 e. The average molecular weight is 283 g/mol. The molecule has 2 rings (SSSR count). The van der Waals surface area contributed by atoms with Crippen molar-refractivity contribution in [3.63, 3.8) is 0 Å². The molecular weight excluding hydrogens is 264 g/mol. The first kappa shape index (κ1) is 14.1. The molecule has 1 aliphatic rings. The quantitative estimate of drug-likeness (QED) is 0.881. The predicted molar refractivity (Wildman–Crippen MR) is 75.9 cm³/mol. The fourth-order valence-corrected chi connectivity index (χ4v) is 2.80. The summed E-state index contributed by atoms with van der Waals surface area (Å²) < 4.78 is 0. The van der Waals surface area contributed by atoms with E-state index in [4.69, 9.17) is 16.7 Å². The van der Waals surface area contributed by atoms with Crippen LogP contribution >= 0.6 is 11.6 Å². The van der Waals surface area contributed by atoms with Crippen molar-refractivity contribution in [3.05, 3.63) is 22.8 Å². The second-order valence-electron chi connectivity index (χ2n) is 5.58. The smallest absolute Gasteiger partial charge is 0.337 e. The lowest BCUT2D eigenvalue weighted by molar-refractivity contribution is 0.0696. The van der Waals surface area contributed by atoms with Crippen molar-refractivity contribution in [2.24, 2.45) is 5.41 Å². The van der Waals surface area contributed by atoms with Crippen LogP contribution < -0.4 is 5.32 Å². The Morgan fingerprint density at radius 3 is 2.74 bits per heavy atom. The molecule has 1 fully saturated rings. The van der Waals surface area contributed by atoms with Gasteiger partial charge in [-0.2, -0.15) is 0 Å². The molecule has 1 saturated carbocycles. The standard InChI is InChI=1S/C14H19ClN2O2/c1-14(5-3-2-4-6-14)9-17-12-11(15)7-10(8-16-12)13(18)19/h7-8H,2-6,9H2,1H3,(H,16,17)(H,18,19). The highest BCUT2D eigenvalue weighted by atomic mass is 35.5. The van der Waals surface area contributed by atoms with Gasteiger partial charge >= 0.3 is 5.97 Å². The number of aromatic carboxylic acids is 1. The predicted octanol–water partition coefficient (Wildman–Crippen LogP) is 3.82. The molecule has 19 heavy (non-hydrogen) atoms. The number of carbonyl (C=O) groups is 1. The largest absolute Gasteiger partial charge is 0.478 e. The first-order chi connectivity index (χ1) is 9.00. The maximum absolute atomic E-state index is 10.8. The molecule has 4 nitrogen and oxygen atoms in total. The Morgan fingerprint density at radius 2 is 2.16 bits per heavy atom. The first-order valence-electron chi connectivity index (χ1n) is 6.63. The summed E-state index contributed by atoms with van der Waals surface area (Å²) in [6, 6.07) is 1.43. The molecule has 1 aromatic heterocycles. The van der Waals surface area contributed by atoms with Crippen molar-refractivity contribution < 1.29 is 9.90 Å². The van der Waals surface area contributed by atoms with Gasteiger partial charge in [0.25, 0.3) is 0 Å². The van der Waals surface area contributed by atoms with Crippen LogP contribution in [0.25, 0.3) is 0 Å². The van der Waals surface area contributed by atoms with Crippen LogP contribution in [-0.2, 0) is 0 Å². The summed E-state index contributed by atoms with van der Waals surface area (Å²) in [5, 5.41) is 12.5. The van der Waals surface area contributed by atoms with Gasteiger partial charge in [0.15, 0.2) is 0 Å². The van der Waals surface area contributed by atoms with Gasteiger partial charge in [0.05, 0.1) is 10.6 Å². The van der Waals surface area contributed by atoms with Crippen LogP contribution in [0.1, 0.15) is 49.4 Å². The van der Waals surface area contributed by atoms with E-state index in [0.29, 0.717) is 10.8 Å². The number of nitrogens with one attached hydrogen (secondary N) is 1. The van der Waals surface area contributed by atoms with Gasteiger partial charge in [-0.3, -0.25) is 0 Å². The molecule has 1 heterocycles. The third-order valence-corrected chi connectivity index (χ3v) is 4.12. The van der Waals surface area contributed by atoms with Gasteiger partial charge in [-0.25, -0.2) is 9.78 Å². The lowest BCUT2D eigenvalue weighted by Gasteiger charge is -2.33. The SMILES string of the molecule is CC1(CNc2ncc(C(=O)O)cc2Cl)CCCCC1. The highest BCUT2D eigenvalue weighted by Crippen LogP contribution is 2.36. The molecule has 0 atom stereocenters. The van der Waals surface area contributed by atoms with Crippen LogP contribution in [0.2, 0.25) is 5.02 Å². The molecule has 0 saturated heterocycles. The Balaban J connectivity index is 2.01. The number of halogens is 1. The van der Waals surface area contributed by atoms with Crippen LogP contribution in [0.4, 0.5) is 5.82 Å². The van der Waals surface area contributed by atoms with Crippen molar-refractivity contribution >= 4 is 23.4 Å². The Labute approximate surface area is 118 Å². The van der Waals surface area contributed by atoms with Crippen molar-refractivity contribution in [1.29, 1.82) is 0 Å². The van der Waals surface area contributed by atoms with E-state index in [0.717, 1.165) is 6.54 Å². The molecule has 2 N–H and O–H groups in total. The zero-order valence-electron chi connectivity index (χ0n) is 11.1. The first-order valence-corrected chi connectivity index (χ1v) is 7.01. The van der Waals surface area contributed by atoms with Gasteiger partial charge < -0.3 is 10.4 Å². The monoisotopic (exact) mass is 282 g/mol. The van der Waals surface area contributed by atoms with Gasteiger partial charge in [-0.05, 0) is 24.3 Å². The van der Waals surface area contributed by atoms with Crippen LogP contribution in [0.5, 0.6) is 0 Å². The number of hydrogen-bond acceptors (Lipinski definition) is 3. The van der Waals surface area contributed by atoms with Crippen LogP contribution in [-0.4, -0.2) is 22.6 Å². The Bertz CT molecular complexity index is 471. The van der Waals surface area contributed by atoms with Crippen molar-refractivity contribution in [2.75, 3.05) is 11.9 Å². The highest BCUT2D eigenvalue weighted by Gasteiger charge is 2.26. The van der Waals surface area contributed by atoms with Crippen LogP contribution in [0.3, 0.4) is 0 Å². The minimum atomic E-state index is -1.01. The molecule has 104 valence electrons. The van der Waals surface area contributed by atoms with E-state index in [9.17, 15) is 4.79 Å². The molecule has 0 radical (unpaired) electrons. The van der Waals surface area contributed by atoms with E-state index < -0.39 is 5.97 Å². The molecule has 1 aromatic rings. The normalized spacial score (nSPS) is 18.0. The fourth-order valence-electron chi connectivity index (χ4n) is 2.56. The van der Waals surface area contributed by atoms with E-state index in [-0.39, 0.29) is 11.0 Å². The Kier molecular flexibility index (Phi) is 4.30. The van der Waals surface area contributed by atoms with E-state index in [2.05, 4.69) is 17.2 Å². The minimum Gasteiger partial charge on any atom is -0.478 e. The molecule has 0 bridgehead atoms. The Hall–Kier alpha value is -1.29. The van der Waals surface area contributed by atoms with E-state index >= 15 is 0 Å². The summed E-state index contributed by atoms with van der Waals surface area (Å²) in [5.41, 5.74) is 0.397. The number of rotatable bonds is 4. The second-order valence-corrected chi connectivity index (χ2v) is 5.99. The van der Waals surface area contributed by atoms with Gasteiger partial charge in [-0.1, -0.05) is 37.8 Å². The summed E-state index contributed by atoms with van der Waals surface area (Å²) in [6.45, 7) is 3.10. The molecule has 0 aliphatic heterocycles. The highest BCUT2D eigenvalue weighted by molar-refractivity contribution is 6.33. The topological polar surface area (TPSA) is 62.2 Å². The number of carboxylic acids is 1. The zero-order chi connectivity index (χ0) is 13.9. The average Bonchev–Trinajstić information content (AvgIpc) is 2.38. The molecule has 0 aromatic carbocycles. The number of nitrogens with zero attached hydrogens (tertiary/aromatic N) is 1. The molecule has 1 aliphatic carbocycles. The summed E-state index contributed by atoms with van der Waals surface area (Å²) in [6.07, 6.45) is 7.63. The number of aromatic nitrogens is 1. The molecule has 0 spiro atoms. The molecule has 5 heteroatoms. The van der Waals surface area contributed by atoms with Gasteiger partial charge in [0.2, 0.25) is 0 Å². The minimum absolute atomic E-state index is 0.111. The third kappa shape index (κ3) is 3.60. The number of anilines is 1. The number of hydrogen-bond donors (Lipinski definition) is 2. The van der Waals surface area contributed by atoms with Crippen LogP contribution in [0.15, 0.2) is 12.3 Å². The van der Waals surface area contributed by atoms with Crippen molar-refractivity contribution in [2.45, 2.75) is 39.0 Å². The van der Waals surface area contributed by atoms with Crippen molar-refractivity contribution in [3.8, 4) is 0 Å². The number of pyridine rings is 1. The summed E-state index contributed by atoms with van der Waals surface area (Å²) >= 11 is 6.05. The number of carboxylic acid groups (broad SMARTS) is 1. The fraction of sp³-hybridized carbons (Fsp3) is 0.571. The summed E-state index contributed by atoms with van der Waals surface area (Å²) in [4.78, 5) is 14.9. The van der Waals surface area contributed by atoms with Gasteiger partial charge in [-0.15, -0.1) is 0 Å². The van der Waals surface area contributed by atoms with E-state index in [1.54, 1.807) is 0 Å². The van der Waals surface area contributed by atoms with Crippen LogP contribution in [0, 0.1) is 5.41 Å². The van der Waals surface area contributed by atoms with Gasteiger partial charge in [0, 0.05) is 12.7 Å². The van der Waals surface area contributed by atoms with E-state index in [1.165, 1.54) is 44.4 Å².